The van der Waals surface area contributed by atoms with E-state index in [0.717, 1.165) is 9.21 Å². The standard InChI is InChI=1S/C9H12Br2N2O/c1-5(2)8(14-3)9-12-6(10)4-7(11)13-9/h4-5,8H,1-3H3. The first-order valence-electron chi connectivity index (χ1n) is 4.27. The number of hydrogen-bond acceptors (Lipinski definition) is 3. The molecule has 1 unspecified atom stereocenters. The molecule has 0 fully saturated rings. The Morgan fingerprint density at radius 3 is 2.07 bits per heavy atom. The predicted octanol–water partition coefficient (Wildman–Crippen LogP) is 3.35. The van der Waals surface area contributed by atoms with Gasteiger partial charge in [0.05, 0.1) is 0 Å². The highest BCUT2D eigenvalue weighted by Crippen LogP contribution is 2.24. The molecule has 1 heterocycles. The Kier molecular flexibility index (Phi) is 4.47. The molecule has 14 heavy (non-hydrogen) atoms. The monoisotopic (exact) mass is 322 g/mol. The molecule has 3 nitrogen and oxygen atoms in total. The van der Waals surface area contributed by atoms with Crippen LogP contribution in [0.4, 0.5) is 0 Å². The minimum atomic E-state index is -0.0659. The van der Waals surface area contributed by atoms with Crippen LogP contribution in [-0.4, -0.2) is 17.1 Å². The second kappa shape index (κ2) is 5.19. The maximum absolute atomic E-state index is 5.34. The summed E-state index contributed by atoms with van der Waals surface area (Å²) < 4.78 is 6.86. The summed E-state index contributed by atoms with van der Waals surface area (Å²) in [5.41, 5.74) is 0. The zero-order chi connectivity index (χ0) is 10.7. The van der Waals surface area contributed by atoms with Gasteiger partial charge < -0.3 is 4.74 Å². The third-order valence-electron chi connectivity index (χ3n) is 1.79. The van der Waals surface area contributed by atoms with Crippen molar-refractivity contribution in [1.82, 2.24) is 9.97 Å². The van der Waals surface area contributed by atoms with Gasteiger partial charge in [-0.15, -0.1) is 0 Å². The lowest BCUT2D eigenvalue weighted by Crippen LogP contribution is -2.13. The van der Waals surface area contributed by atoms with E-state index >= 15 is 0 Å². The smallest absolute Gasteiger partial charge is 0.159 e. The van der Waals surface area contributed by atoms with Crippen LogP contribution >= 0.6 is 31.9 Å². The predicted molar refractivity (Wildman–Crippen MR) is 62.0 cm³/mol. The van der Waals surface area contributed by atoms with E-state index in [1.54, 1.807) is 13.2 Å². The Hall–Kier alpha value is -0.0000000000000000555. The molecule has 1 atom stereocenters. The number of rotatable bonds is 3. The highest BCUT2D eigenvalue weighted by molar-refractivity contribution is 9.11. The number of hydrogen-bond donors (Lipinski definition) is 0. The van der Waals surface area contributed by atoms with Crippen molar-refractivity contribution in [2.24, 2.45) is 5.92 Å². The van der Waals surface area contributed by atoms with Crippen LogP contribution < -0.4 is 0 Å². The van der Waals surface area contributed by atoms with Gasteiger partial charge in [-0.1, -0.05) is 13.8 Å². The molecule has 0 aliphatic carbocycles. The van der Waals surface area contributed by atoms with Crippen LogP contribution in [0.3, 0.4) is 0 Å². The first kappa shape index (κ1) is 12.1. The number of methoxy groups -OCH3 is 1. The largest absolute Gasteiger partial charge is 0.373 e. The van der Waals surface area contributed by atoms with E-state index in [-0.39, 0.29) is 6.10 Å². The molecule has 0 saturated carbocycles. The fourth-order valence-corrected chi connectivity index (χ4v) is 2.31. The highest BCUT2D eigenvalue weighted by atomic mass is 79.9. The quantitative estimate of drug-likeness (QED) is 0.800. The van der Waals surface area contributed by atoms with Crippen LogP contribution in [0.15, 0.2) is 15.3 Å². The van der Waals surface area contributed by atoms with Crippen molar-refractivity contribution >= 4 is 31.9 Å². The summed E-state index contributed by atoms with van der Waals surface area (Å²) in [6.07, 6.45) is -0.0659. The first-order chi connectivity index (χ1) is 6.54. The van der Waals surface area contributed by atoms with Crippen molar-refractivity contribution in [2.45, 2.75) is 20.0 Å². The van der Waals surface area contributed by atoms with E-state index in [1.165, 1.54) is 0 Å². The highest BCUT2D eigenvalue weighted by Gasteiger charge is 2.18. The Bertz CT molecular complexity index is 297. The minimum Gasteiger partial charge on any atom is -0.373 e. The second-order valence-corrected chi connectivity index (χ2v) is 4.90. The molecular formula is C9H12Br2N2O. The van der Waals surface area contributed by atoms with E-state index in [2.05, 4.69) is 55.7 Å². The maximum atomic E-state index is 5.34. The third-order valence-corrected chi connectivity index (χ3v) is 2.61. The molecule has 0 saturated heterocycles. The van der Waals surface area contributed by atoms with Crippen LogP contribution in [-0.2, 0) is 4.74 Å². The van der Waals surface area contributed by atoms with E-state index < -0.39 is 0 Å². The zero-order valence-electron chi connectivity index (χ0n) is 8.29. The van der Waals surface area contributed by atoms with Gasteiger partial charge >= 0.3 is 0 Å². The number of halogens is 2. The van der Waals surface area contributed by atoms with Crippen molar-refractivity contribution in [3.05, 3.63) is 21.1 Å². The summed E-state index contributed by atoms with van der Waals surface area (Å²) in [5, 5.41) is 0. The molecule has 78 valence electrons. The normalized spacial score (nSPS) is 13.3. The summed E-state index contributed by atoms with van der Waals surface area (Å²) in [6, 6.07) is 1.80. The first-order valence-corrected chi connectivity index (χ1v) is 5.86. The molecule has 1 rings (SSSR count). The summed E-state index contributed by atoms with van der Waals surface area (Å²) >= 11 is 6.65. The molecule has 1 aromatic rings. The van der Waals surface area contributed by atoms with Gasteiger partial charge in [0.2, 0.25) is 0 Å². The van der Waals surface area contributed by atoms with Gasteiger partial charge in [0.15, 0.2) is 5.82 Å². The van der Waals surface area contributed by atoms with Crippen LogP contribution in [0.1, 0.15) is 25.8 Å². The number of ether oxygens (including phenoxy) is 1. The summed E-state index contributed by atoms with van der Waals surface area (Å²) in [7, 11) is 1.67. The van der Waals surface area contributed by atoms with E-state index in [4.69, 9.17) is 4.74 Å². The molecule has 0 aliphatic rings. The van der Waals surface area contributed by atoms with Crippen LogP contribution in [0, 0.1) is 5.92 Å². The molecule has 1 aromatic heterocycles. The van der Waals surface area contributed by atoms with Gasteiger partial charge in [-0.25, -0.2) is 9.97 Å². The van der Waals surface area contributed by atoms with Gasteiger partial charge in [0, 0.05) is 13.2 Å². The SMILES string of the molecule is COC(c1nc(Br)cc(Br)n1)C(C)C. The Balaban J connectivity index is 3.04. The second-order valence-electron chi connectivity index (χ2n) is 3.27. The molecule has 5 heteroatoms. The fourth-order valence-electron chi connectivity index (χ4n) is 1.21. The average Bonchev–Trinajstić information content (AvgIpc) is 2.02. The van der Waals surface area contributed by atoms with Crippen LogP contribution in [0.25, 0.3) is 0 Å². The van der Waals surface area contributed by atoms with Crippen LogP contribution in [0.5, 0.6) is 0 Å². The molecule has 0 radical (unpaired) electrons. The maximum Gasteiger partial charge on any atom is 0.159 e. The van der Waals surface area contributed by atoms with Gasteiger partial charge in [0.1, 0.15) is 15.3 Å². The summed E-state index contributed by atoms with van der Waals surface area (Å²) in [6.45, 7) is 4.15. The lowest BCUT2D eigenvalue weighted by Gasteiger charge is -2.17. The van der Waals surface area contributed by atoms with Gasteiger partial charge in [0.25, 0.3) is 0 Å². The lowest BCUT2D eigenvalue weighted by molar-refractivity contribution is 0.0571. The van der Waals surface area contributed by atoms with E-state index in [1.807, 2.05) is 0 Å². The van der Waals surface area contributed by atoms with E-state index in [9.17, 15) is 0 Å². The Morgan fingerprint density at radius 1 is 1.21 bits per heavy atom. The van der Waals surface area contributed by atoms with Crippen molar-refractivity contribution in [3.8, 4) is 0 Å². The third kappa shape index (κ3) is 3.00. The molecule has 0 amide bonds. The van der Waals surface area contributed by atoms with Crippen molar-refractivity contribution in [1.29, 1.82) is 0 Å². The summed E-state index contributed by atoms with van der Waals surface area (Å²) in [5.74, 6) is 1.05. The Morgan fingerprint density at radius 2 is 1.71 bits per heavy atom. The van der Waals surface area contributed by atoms with Gasteiger partial charge in [-0.2, -0.15) is 0 Å². The van der Waals surface area contributed by atoms with Gasteiger partial charge in [-0.3, -0.25) is 0 Å². The van der Waals surface area contributed by atoms with Crippen LogP contribution in [0.2, 0.25) is 0 Å². The molecule has 0 aliphatic heterocycles. The van der Waals surface area contributed by atoms with Gasteiger partial charge in [-0.05, 0) is 37.8 Å². The van der Waals surface area contributed by atoms with E-state index in [0.29, 0.717) is 11.7 Å². The molecule has 0 aromatic carbocycles. The molecule has 0 bridgehead atoms. The zero-order valence-corrected chi connectivity index (χ0v) is 11.5. The minimum absolute atomic E-state index is 0.0659. The Labute approximate surface area is 101 Å². The topological polar surface area (TPSA) is 35.0 Å². The molecule has 0 N–H and O–H groups in total. The molecular weight excluding hydrogens is 312 g/mol. The van der Waals surface area contributed by atoms with Crippen molar-refractivity contribution in [3.63, 3.8) is 0 Å². The fraction of sp³-hybridized carbons (Fsp3) is 0.556. The average molecular weight is 324 g/mol. The number of aromatic nitrogens is 2. The molecule has 0 spiro atoms. The van der Waals surface area contributed by atoms with Crippen molar-refractivity contribution in [2.75, 3.05) is 7.11 Å². The van der Waals surface area contributed by atoms with Crippen molar-refractivity contribution < 1.29 is 4.74 Å². The number of nitrogens with zero attached hydrogens (tertiary/aromatic N) is 2. The summed E-state index contributed by atoms with van der Waals surface area (Å²) in [4.78, 5) is 8.55. The lowest BCUT2D eigenvalue weighted by atomic mass is 10.1.